The zero-order valence-corrected chi connectivity index (χ0v) is 16.0. The van der Waals surface area contributed by atoms with Gasteiger partial charge in [-0.3, -0.25) is 0 Å². The van der Waals surface area contributed by atoms with Crippen LogP contribution in [0.5, 0.6) is 5.75 Å². The minimum atomic E-state index is -0.827. The number of rotatable bonds is 8. The number of hydrogen-bond donors (Lipinski definition) is 0. The van der Waals surface area contributed by atoms with Crippen molar-refractivity contribution in [3.63, 3.8) is 0 Å². The van der Waals surface area contributed by atoms with Gasteiger partial charge in [0.1, 0.15) is 0 Å². The lowest BCUT2D eigenvalue weighted by atomic mass is 9.83. The molecule has 2 aliphatic carbocycles. The fraction of sp³-hybridized carbons (Fsp3) is 0.652. The maximum absolute atomic E-state index is 14.6. The molecular weight excluding hydrogens is 330 g/mol. The molecule has 2 aliphatic rings. The van der Waals surface area contributed by atoms with Crippen LogP contribution in [0.15, 0.2) is 18.2 Å². The van der Waals surface area contributed by atoms with Crippen molar-refractivity contribution in [2.24, 2.45) is 11.8 Å². The molecule has 1 saturated carbocycles. The van der Waals surface area contributed by atoms with E-state index < -0.39 is 11.6 Å². The molecule has 1 aromatic rings. The highest BCUT2D eigenvalue weighted by Gasteiger charge is 2.22. The van der Waals surface area contributed by atoms with Crippen molar-refractivity contribution >= 4 is 5.57 Å². The lowest BCUT2D eigenvalue weighted by Gasteiger charge is -2.22. The minimum absolute atomic E-state index is 0.0620. The Labute approximate surface area is 156 Å². The van der Waals surface area contributed by atoms with Crippen LogP contribution in [0.2, 0.25) is 0 Å². The molecule has 1 unspecified atom stereocenters. The number of hydrogen-bond acceptors (Lipinski definition) is 1. The van der Waals surface area contributed by atoms with Gasteiger partial charge in [0.05, 0.1) is 6.61 Å². The summed E-state index contributed by atoms with van der Waals surface area (Å²) in [6, 6.07) is 3.31. The molecule has 144 valence electrons. The quantitative estimate of drug-likeness (QED) is 0.441. The monoisotopic (exact) mass is 362 g/mol. The van der Waals surface area contributed by atoms with E-state index in [1.165, 1.54) is 38.5 Å². The van der Waals surface area contributed by atoms with Crippen molar-refractivity contribution in [3.05, 3.63) is 35.4 Å². The van der Waals surface area contributed by atoms with Crippen LogP contribution in [0.4, 0.5) is 8.78 Å². The van der Waals surface area contributed by atoms with Gasteiger partial charge in [-0.05, 0) is 61.6 Å². The first kappa shape index (κ1) is 19.4. The first-order valence-electron chi connectivity index (χ1n) is 10.5. The van der Waals surface area contributed by atoms with Gasteiger partial charge < -0.3 is 4.74 Å². The topological polar surface area (TPSA) is 9.23 Å². The molecule has 1 atom stereocenters. The smallest absolute Gasteiger partial charge is 0.201 e. The molecule has 0 N–H and O–H groups in total. The van der Waals surface area contributed by atoms with Gasteiger partial charge >= 0.3 is 0 Å². The van der Waals surface area contributed by atoms with Gasteiger partial charge in [0.15, 0.2) is 11.6 Å². The molecule has 0 aromatic heterocycles. The summed E-state index contributed by atoms with van der Waals surface area (Å²) in [5.41, 5.74) is 1.37. The Hall–Kier alpha value is -1.38. The Morgan fingerprint density at radius 1 is 1.00 bits per heavy atom. The third-order valence-corrected chi connectivity index (χ3v) is 6.08. The highest BCUT2D eigenvalue weighted by atomic mass is 19.2. The summed E-state index contributed by atoms with van der Waals surface area (Å²) in [6.45, 7) is 2.72. The summed E-state index contributed by atoms with van der Waals surface area (Å²) in [5.74, 6) is -0.321. The van der Waals surface area contributed by atoms with Crippen molar-refractivity contribution in [1.29, 1.82) is 0 Å². The third kappa shape index (κ3) is 4.86. The fourth-order valence-electron chi connectivity index (χ4n) is 4.35. The molecule has 0 radical (unpaired) electrons. The van der Waals surface area contributed by atoms with E-state index >= 15 is 0 Å². The fourth-order valence-corrected chi connectivity index (χ4v) is 4.35. The van der Waals surface area contributed by atoms with Gasteiger partial charge in [0, 0.05) is 5.56 Å². The third-order valence-electron chi connectivity index (χ3n) is 6.08. The van der Waals surface area contributed by atoms with Crippen LogP contribution in [0.25, 0.3) is 5.57 Å². The lowest BCUT2D eigenvalue weighted by molar-refractivity contribution is 0.239. The van der Waals surface area contributed by atoms with Crippen molar-refractivity contribution in [2.75, 3.05) is 6.61 Å². The summed E-state index contributed by atoms with van der Waals surface area (Å²) < 4.78 is 34.6. The highest BCUT2D eigenvalue weighted by Crippen LogP contribution is 2.36. The molecule has 26 heavy (non-hydrogen) atoms. The number of ether oxygens (including phenoxy) is 1. The van der Waals surface area contributed by atoms with Crippen LogP contribution in [0.3, 0.4) is 0 Å². The van der Waals surface area contributed by atoms with E-state index in [0.717, 1.165) is 37.7 Å². The van der Waals surface area contributed by atoms with Crippen LogP contribution >= 0.6 is 0 Å². The second-order valence-electron chi connectivity index (χ2n) is 8.07. The molecule has 0 saturated heterocycles. The molecule has 1 aromatic carbocycles. The molecule has 0 amide bonds. The van der Waals surface area contributed by atoms with E-state index in [-0.39, 0.29) is 5.75 Å². The Kier molecular flexibility index (Phi) is 7.10. The number of allylic oxidation sites excluding steroid dienone is 2. The molecule has 0 bridgehead atoms. The number of unbranched alkanes of at least 4 members (excludes halogenated alkanes) is 2. The first-order chi connectivity index (χ1) is 12.7. The van der Waals surface area contributed by atoms with E-state index in [1.807, 2.05) is 0 Å². The second kappa shape index (κ2) is 9.53. The molecule has 0 aliphatic heterocycles. The average Bonchev–Trinajstić information content (AvgIpc) is 3.18. The van der Waals surface area contributed by atoms with E-state index in [2.05, 4.69) is 13.0 Å². The maximum Gasteiger partial charge on any atom is 0.201 e. The summed E-state index contributed by atoms with van der Waals surface area (Å²) in [7, 11) is 0. The van der Waals surface area contributed by atoms with Crippen LogP contribution in [-0.2, 0) is 0 Å². The van der Waals surface area contributed by atoms with Crippen molar-refractivity contribution < 1.29 is 13.5 Å². The number of halogens is 2. The predicted octanol–water partition coefficient (Wildman–Crippen LogP) is 7.30. The van der Waals surface area contributed by atoms with Gasteiger partial charge in [-0.2, -0.15) is 4.39 Å². The summed E-state index contributed by atoms with van der Waals surface area (Å²) in [5, 5.41) is 0. The lowest BCUT2D eigenvalue weighted by Crippen LogP contribution is -2.10. The van der Waals surface area contributed by atoms with Gasteiger partial charge in [0.25, 0.3) is 0 Å². The average molecular weight is 363 g/mol. The molecule has 1 nitrogen and oxygen atoms in total. The zero-order valence-electron chi connectivity index (χ0n) is 16.0. The van der Waals surface area contributed by atoms with Gasteiger partial charge in [-0.25, -0.2) is 4.39 Å². The van der Waals surface area contributed by atoms with Gasteiger partial charge in [-0.1, -0.05) is 51.5 Å². The molecular formula is C23H32F2O. The maximum atomic E-state index is 14.6. The molecule has 3 rings (SSSR count). The second-order valence-corrected chi connectivity index (χ2v) is 8.07. The van der Waals surface area contributed by atoms with Crippen molar-refractivity contribution in [2.45, 2.75) is 77.6 Å². The van der Waals surface area contributed by atoms with Crippen LogP contribution in [-0.4, -0.2) is 6.61 Å². The van der Waals surface area contributed by atoms with Crippen LogP contribution in [0.1, 0.15) is 83.1 Å². The van der Waals surface area contributed by atoms with Gasteiger partial charge in [-0.15, -0.1) is 0 Å². The van der Waals surface area contributed by atoms with E-state index in [1.54, 1.807) is 12.1 Å². The van der Waals surface area contributed by atoms with Crippen molar-refractivity contribution in [3.8, 4) is 5.75 Å². The van der Waals surface area contributed by atoms with E-state index in [0.29, 0.717) is 24.0 Å². The molecule has 0 spiro atoms. The van der Waals surface area contributed by atoms with Crippen molar-refractivity contribution in [1.82, 2.24) is 0 Å². The van der Waals surface area contributed by atoms with Gasteiger partial charge in [0.2, 0.25) is 5.82 Å². The van der Waals surface area contributed by atoms with E-state index in [4.69, 9.17) is 4.74 Å². The SMILES string of the molecule is CCCCCC1CC=C(c2ccc(OCC3CCCC3)c(F)c2F)CC1. The Bertz CT molecular complexity index is 617. The molecule has 1 fully saturated rings. The highest BCUT2D eigenvalue weighted by molar-refractivity contribution is 5.67. The summed E-state index contributed by atoms with van der Waals surface area (Å²) in [4.78, 5) is 0. The Morgan fingerprint density at radius 3 is 2.50 bits per heavy atom. The Balaban J connectivity index is 1.60. The summed E-state index contributed by atoms with van der Waals surface area (Å²) >= 11 is 0. The summed E-state index contributed by atoms with van der Waals surface area (Å²) in [6.07, 6.45) is 14.8. The van der Waals surface area contributed by atoms with E-state index in [9.17, 15) is 8.78 Å². The minimum Gasteiger partial charge on any atom is -0.490 e. The molecule has 3 heteroatoms. The first-order valence-corrected chi connectivity index (χ1v) is 10.5. The predicted molar refractivity (Wildman–Crippen MR) is 103 cm³/mol. The molecule has 0 heterocycles. The Morgan fingerprint density at radius 2 is 1.81 bits per heavy atom. The standard InChI is InChI=1S/C23H32F2O/c1-2-3-4-7-17-10-12-19(13-11-17)20-14-15-21(23(25)22(20)24)26-16-18-8-5-6-9-18/h12,14-15,17-18H,2-11,13,16H2,1H3. The number of benzene rings is 1. The van der Waals surface area contributed by atoms with Crippen LogP contribution in [0, 0.1) is 23.5 Å². The van der Waals surface area contributed by atoms with Crippen LogP contribution < -0.4 is 4.74 Å². The zero-order chi connectivity index (χ0) is 18.4. The largest absolute Gasteiger partial charge is 0.490 e. The normalized spacial score (nSPS) is 21.0.